The minimum absolute atomic E-state index is 0.291. The van der Waals surface area contributed by atoms with Crippen molar-refractivity contribution >= 4 is 5.78 Å². The van der Waals surface area contributed by atoms with Gasteiger partial charge in [0.15, 0.2) is 5.78 Å². The van der Waals surface area contributed by atoms with Gasteiger partial charge >= 0.3 is 0 Å². The molecule has 0 bridgehead atoms. The van der Waals surface area contributed by atoms with Crippen LogP contribution in [0.3, 0.4) is 0 Å². The van der Waals surface area contributed by atoms with Crippen molar-refractivity contribution in [2.45, 2.75) is 59.4 Å². The summed E-state index contributed by atoms with van der Waals surface area (Å²) in [5.74, 6) is 0.291. The van der Waals surface area contributed by atoms with Gasteiger partial charge in [-0.15, -0.1) is 0 Å². The van der Waals surface area contributed by atoms with Crippen LogP contribution in [0, 0.1) is 6.92 Å². The molecular weight excluding hydrogens is 246 g/mol. The molecule has 2 heteroatoms. The Morgan fingerprint density at radius 1 is 1.30 bits per heavy atom. The minimum atomic E-state index is 0.291. The number of nitrogens with zero attached hydrogens (tertiary/aromatic N) is 1. The Labute approximate surface area is 122 Å². The van der Waals surface area contributed by atoms with Crippen LogP contribution in [0.1, 0.15) is 61.3 Å². The lowest BCUT2D eigenvalue weighted by molar-refractivity contribution is 0.0980. The van der Waals surface area contributed by atoms with Gasteiger partial charge < -0.3 is 4.57 Å². The highest BCUT2D eigenvalue weighted by molar-refractivity contribution is 5.97. The fourth-order valence-electron chi connectivity index (χ4n) is 2.90. The number of aryl methyl sites for hydroxylation is 1. The van der Waals surface area contributed by atoms with Crippen molar-refractivity contribution in [2.75, 3.05) is 0 Å². The van der Waals surface area contributed by atoms with Crippen LogP contribution < -0.4 is 0 Å². The van der Waals surface area contributed by atoms with E-state index in [0.29, 0.717) is 12.2 Å². The third kappa shape index (κ3) is 3.12. The van der Waals surface area contributed by atoms with Crippen LogP contribution in [0.25, 0.3) is 0 Å². The summed E-state index contributed by atoms with van der Waals surface area (Å²) >= 11 is 0. The maximum Gasteiger partial charge on any atom is 0.164 e. The molecule has 0 aromatic carbocycles. The molecule has 0 N–H and O–H groups in total. The number of hydrogen-bond donors (Lipinski definition) is 0. The van der Waals surface area contributed by atoms with E-state index < -0.39 is 0 Å². The maximum absolute atomic E-state index is 12.2. The number of carbonyl (C=O) groups is 1. The second-order valence-corrected chi connectivity index (χ2v) is 5.52. The molecule has 1 aliphatic carbocycles. The van der Waals surface area contributed by atoms with Crippen LogP contribution in [0.5, 0.6) is 0 Å². The summed E-state index contributed by atoms with van der Waals surface area (Å²) in [7, 11) is 0. The molecule has 0 saturated heterocycles. The minimum Gasteiger partial charge on any atom is -0.344 e. The van der Waals surface area contributed by atoms with Crippen LogP contribution in [0.15, 0.2) is 29.9 Å². The fraction of sp³-hybridized carbons (Fsp3) is 0.500. The number of ketones is 1. The van der Waals surface area contributed by atoms with Crippen molar-refractivity contribution in [2.24, 2.45) is 0 Å². The van der Waals surface area contributed by atoms with Gasteiger partial charge in [-0.25, -0.2) is 0 Å². The molecule has 0 spiro atoms. The van der Waals surface area contributed by atoms with E-state index in [9.17, 15) is 4.79 Å². The van der Waals surface area contributed by atoms with Gasteiger partial charge in [0.1, 0.15) is 0 Å². The normalized spacial score (nSPS) is 14.4. The molecule has 108 valence electrons. The van der Waals surface area contributed by atoms with E-state index in [0.717, 1.165) is 37.8 Å². The lowest BCUT2D eigenvalue weighted by Gasteiger charge is -2.14. The lowest BCUT2D eigenvalue weighted by atomic mass is 10.1. The van der Waals surface area contributed by atoms with Gasteiger partial charge in [0, 0.05) is 29.9 Å². The molecule has 2 rings (SSSR count). The Morgan fingerprint density at radius 3 is 2.70 bits per heavy atom. The standard InChI is InChI=1S/C18H25NO/c1-4-9-18(20)16-12-14(3)19(17(16)5-2)13-15-10-7-6-8-11-15/h7,10-12H,4-6,8-9,13H2,1-3H3. The first-order valence-corrected chi connectivity index (χ1v) is 7.75. The van der Waals surface area contributed by atoms with E-state index in [1.54, 1.807) is 0 Å². The van der Waals surface area contributed by atoms with E-state index in [-0.39, 0.29) is 0 Å². The molecule has 0 saturated carbocycles. The third-order valence-corrected chi connectivity index (χ3v) is 3.94. The maximum atomic E-state index is 12.2. The van der Waals surface area contributed by atoms with Crippen molar-refractivity contribution in [3.8, 4) is 0 Å². The molecule has 1 aliphatic rings. The summed E-state index contributed by atoms with van der Waals surface area (Å²) < 4.78 is 2.31. The number of rotatable bonds is 6. The first-order chi connectivity index (χ1) is 9.67. The molecular formula is C18H25NO. The molecule has 0 amide bonds. The largest absolute Gasteiger partial charge is 0.344 e. The Morgan fingerprint density at radius 2 is 2.10 bits per heavy atom. The molecule has 2 nitrogen and oxygen atoms in total. The van der Waals surface area contributed by atoms with Crippen LogP contribution in [0.4, 0.5) is 0 Å². The number of carbonyl (C=O) groups excluding carboxylic acids is 1. The van der Waals surface area contributed by atoms with Crippen molar-refractivity contribution in [1.29, 1.82) is 0 Å². The summed E-state index contributed by atoms with van der Waals surface area (Å²) in [4.78, 5) is 12.2. The van der Waals surface area contributed by atoms with E-state index >= 15 is 0 Å². The van der Waals surface area contributed by atoms with Gasteiger partial charge in [-0.1, -0.05) is 32.1 Å². The van der Waals surface area contributed by atoms with Gasteiger partial charge in [0.05, 0.1) is 0 Å². The quantitative estimate of drug-likeness (QED) is 0.692. The van der Waals surface area contributed by atoms with Gasteiger partial charge in [0.2, 0.25) is 0 Å². The number of hydrogen-bond acceptors (Lipinski definition) is 1. The topological polar surface area (TPSA) is 22.0 Å². The van der Waals surface area contributed by atoms with E-state index in [4.69, 9.17) is 0 Å². The van der Waals surface area contributed by atoms with E-state index in [1.807, 2.05) is 0 Å². The zero-order chi connectivity index (χ0) is 14.5. The number of Topliss-reactive ketones (excluding diaryl/α,β-unsaturated/α-hetero) is 1. The second-order valence-electron chi connectivity index (χ2n) is 5.52. The van der Waals surface area contributed by atoms with Crippen LogP contribution >= 0.6 is 0 Å². The van der Waals surface area contributed by atoms with E-state index in [2.05, 4.69) is 49.6 Å². The SMILES string of the molecule is CCCC(=O)c1cc(C)n(CC2=CCCC=C2)c1CC. The van der Waals surface area contributed by atoms with Crippen LogP contribution in [0.2, 0.25) is 0 Å². The molecule has 1 aromatic rings. The monoisotopic (exact) mass is 271 g/mol. The highest BCUT2D eigenvalue weighted by Crippen LogP contribution is 2.22. The van der Waals surface area contributed by atoms with Gasteiger partial charge in [0.25, 0.3) is 0 Å². The number of allylic oxidation sites excluding steroid dienone is 4. The van der Waals surface area contributed by atoms with Crippen LogP contribution in [-0.4, -0.2) is 10.4 Å². The zero-order valence-corrected chi connectivity index (χ0v) is 12.9. The van der Waals surface area contributed by atoms with Crippen molar-refractivity contribution < 1.29 is 4.79 Å². The Balaban J connectivity index is 2.30. The van der Waals surface area contributed by atoms with Crippen molar-refractivity contribution in [1.82, 2.24) is 4.57 Å². The summed E-state index contributed by atoms with van der Waals surface area (Å²) in [6, 6.07) is 2.07. The average molecular weight is 271 g/mol. The first kappa shape index (κ1) is 14.8. The smallest absolute Gasteiger partial charge is 0.164 e. The molecule has 0 atom stereocenters. The molecule has 0 fully saturated rings. The summed E-state index contributed by atoms with van der Waals surface area (Å²) in [5, 5.41) is 0. The van der Waals surface area contributed by atoms with E-state index in [1.165, 1.54) is 17.0 Å². The predicted octanol–water partition coefficient (Wildman–Crippen LogP) is 4.62. The lowest BCUT2D eigenvalue weighted by Crippen LogP contribution is -2.09. The highest BCUT2D eigenvalue weighted by atomic mass is 16.1. The predicted molar refractivity (Wildman–Crippen MR) is 84.2 cm³/mol. The van der Waals surface area contributed by atoms with Gasteiger partial charge in [-0.05, 0) is 44.2 Å². The molecule has 20 heavy (non-hydrogen) atoms. The van der Waals surface area contributed by atoms with Crippen molar-refractivity contribution in [3.05, 3.63) is 46.8 Å². The summed E-state index contributed by atoms with van der Waals surface area (Å²) in [5.41, 5.74) is 4.69. The molecule has 0 aliphatic heterocycles. The molecule has 0 radical (unpaired) electrons. The number of aromatic nitrogens is 1. The fourth-order valence-corrected chi connectivity index (χ4v) is 2.90. The Kier molecular flexibility index (Phi) is 4.99. The first-order valence-electron chi connectivity index (χ1n) is 7.75. The zero-order valence-electron chi connectivity index (χ0n) is 12.9. The average Bonchev–Trinajstić information content (AvgIpc) is 2.77. The summed E-state index contributed by atoms with van der Waals surface area (Å²) in [6.07, 6.45) is 11.5. The van der Waals surface area contributed by atoms with Gasteiger partial charge in [-0.3, -0.25) is 4.79 Å². The molecule has 0 unspecified atom stereocenters. The summed E-state index contributed by atoms with van der Waals surface area (Å²) in [6.45, 7) is 7.20. The highest BCUT2D eigenvalue weighted by Gasteiger charge is 2.17. The van der Waals surface area contributed by atoms with Gasteiger partial charge in [-0.2, -0.15) is 0 Å². The second kappa shape index (κ2) is 6.74. The van der Waals surface area contributed by atoms with Crippen LogP contribution in [-0.2, 0) is 13.0 Å². The third-order valence-electron chi connectivity index (χ3n) is 3.94. The van der Waals surface area contributed by atoms with Crippen molar-refractivity contribution in [3.63, 3.8) is 0 Å². The Bertz CT molecular complexity index is 546. The molecule has 1 heterocycles. The Hall–Kier alpha value is -1.57. The molecule has 1 aromatic heterocycles.